The van der Waals surface area contributed by atoms with Gasteiger partial charge in [0.25, 0.3) is 0 Å². The molecule has 3 aliphatic heterocycles. The van der Waals surface area contributed by atoms with E-state index in [-0.39, 0.29) is 29.8 Å². The van der Waals surface area contributed by atoms with Gasteiger partial charge in [-0.05, 0) is 32.6 Å². The Kier molecular flexibility index (Phi) is 5.43. The molecule has 1 spiro atoms. The minimum absolute atomic E-state index is 0.00215. The molecule has 3 fully saturated rings. The highest BCUT2D eigenvalue weighted by Gasteiger charge is 2.43. The number of anilines is 1. The monoisotopic (exact) mass is 394 g/mol. The fraction of sp³-hybridized carbons (Fsp3) is 0.778. The molecule has 8 nitrogen and oxygen atoms in total. The van der Waals surface area contributed by atoms with E-state index in [1.54, 1.807) is 4.90 Å². The smallest absolute Gasteiger partial charge is 0.229 e. The SMILES string of the molecule is CCOCc1nnc(N2CC(C(=O)N3CCC4(CCCO4)CC3)CC2=O)s1. The summed E-state index contributed by atoms with van der Waals surface area (Å²) in [5.74, 6) is -0.270. The van der Waals surface area contributed by atoms with Gasteiger partial charge in [-0.25, -0.2) is 0 Å². The summed E-state index contributed by atoms with van der Waals surface area (Å²) in [4.78, 5) is 28.9. The van der Waals surface area contributed by atoms with E-state index in [4.69, 9.17) is 9.47 Å². The largest absolute Gasteiger partial charge is 0.375 e. The quantitative estimate of drug-likeness (QED) is 0.754. The summed E-state index contributed by atoms with van der Waals surface area (Å²) in [7, 11) is 0. The van der Waals surface area contributed by atoms with Gasteiger partial charge in [-0.2, -0.15) is 0 Å². The molecule has 3 saturated heterocycles. The molecule has 0 N–H and O–H groups in total. The van der Waals surface area contributed by atoms with Crippen molar-refractivity contribution in [2.24, 2.45) is 5.92 Å². The van der Waals surface area contributed by atoms with Gasteiger partial charge in [-0.3, -0.25) is 14.5 Å². The molecule has 1 unspecified atom stereocenters. The van der Waals surface area contributed by atoms with E-state index >= 15 is 0 Å². The van der Waals surface area contributed by atoms with Gasteiger partial charge >= 0.3 is 0 Å². The lowest BCUT2D eigenvalue weighted by atomic mass is 9.88. The molecule has 1 aromatic rings. The van der Waals surface area contributed by atoms with Crippen LogP contribution in [0, 0.1) is 5.92 Å². The second-order valence-corrected chi connectivity index (χ2v) is 8.52. The third-order valence-corrected chi connectivity index (χ3v) is 6.68. The number of carbonyl (C=O) groups is 2. The van der Waals surface area contributed by atoms with Crippen molar-refractivity contribution in [2.75, 3.05) is 37.7 Å². The second-order valence-electron chi connectivity index (χ2n) is 7.48. The van der Waals surface area contributed by atoms with Crippen molar-refractivity contribution in [1.82, 2.24) is 15.1 Å². The van der Waals surface area contributed by atoms with Crippen LogP contribution in [0.3, 0.4) is 0 Å². The van der Waals surface area contributed by atoms with Gasteiger partial charge in [0.2, 0.25) is 16.9 Å². The lowest BCUT2D eigenvalue weighted by Crippen LogP contribution is -2.48. The number of nitrogens with zero attached hydrogens (tertiary/aromatic N) is 4. The normalized spacial score (nSPS) is 24.9. The van der Waals surface area contributed by atoms with Crippen LogP contribution in [0.5, 0.6) is 0 Å². The zero-order valence-electron chi connectivity index (χ0n) is 15.7. The number of likely N-dealkylation sites (tertiary alicyclic amines) is 1. The molecule has 4 rings (SSSR count). The standard InChI is InChI=1S/C18H26N4O4S/c1-2-25-12-14-19-20-17(27-14)22-11-13(10-15(22)23)16(24)21-7-5-18(6-8-21)4-3-9-26-18/h13H,2-12H2,1H3. The molecule has 0 aromatic carbocycles. The minimum Gasteiger partial charge on any atom is -0.375 e. The second kappa shape index (κ2) is 7.81. The van der Waals surface area contributed by atoms with Crippen molar-refractivity contribution in [2.45, 2.75) is 51.2 Å². The first-order chi connectivity index (χ1) is 13.1. The van der Waals surface area contributed by atoms with E-state index in [1.165, 1.54) is 11.3 Å². The Morgan fingerprint density at radius 1 is 1.33 bits per heavy atom. The molecule has 0 aliphatic carbocycles. The lowest BCUT2D eigenvalue weighted by Gasteiger charge is -2.39. The Labute approximate surface area is 162 Å². The Morgan fingerprint density at radius 2 is 2.15 bits per heavy atom. The minimum atomic E-state index is -0.296. The van der Waals surface area contributed by atoms with E-state index in [9.17, 15) is 9.59 Å². The average molecular weight is 394 g/mol. The highest BCUT2D eigenvalue weighted by atomic mass is 32.1. The van der Waals surface area contributed by atoms with Gasteiger partial charge in [0.05, 0.1) is 11.5 Å². The predicted octanol–water partition coefficient (Wildman–Crippen LogP) is 1.60. The highest BCUT2D eigenvalue weighted by Crippen LogP contribution is 2.36. The van der Waals surface area contributed by atoms with Crippen molar-refractivity contribution >= 4 is 28.3 Å². The zero-order valence-corrected chi connectivity index (χ0v) is 16.5. The fourth-order valence-electron chi connectivity index (χ4n) is 4.20. The first-order valence-corrected chi connectivity index (χ1v) is 10.5. The average Bonchev–Trinajstić information content (AvgIpc) is 3.40. The third-order valence-electron chi connectivity index (χ3n) is 5.76. The number of carbonyl (C=O) groups excluding carboxylic acids is 2. The molecular formula is C18H26N4O4S. The summed E-state index contributed by atoms with van der Waals surface area (Å²) >= 11 is 1.35. The summed E-state index contributed by atoms with van der Waals surface area (Å²) in [6.07, 6.45) is 4.27. The van der Waals surface area contributed by atoms with Crippen LogP contribution in [0.2, 0.25) is 0 Å². The van der Waals surface area contributed by atoms with Gasteiger partial charge in [0.1, 0.15) is 11.6 Å². The van der Waals surface area contributed by atoms with Crippen LogP contribution < -0.4 is 4.90 Å². The summed E-state index contributed by atoms with van der Waals surface area (Å²) < 4.78 is 11.3. The van der Waals surface area contributed by atoms with Crippen LogP contribution in [-0.4, -0.2) is 65.4 Å². The molecule has 4 heterocycles. The highest BCUT2D eigenvalue weighted by molar-refractivity contribution is 7.15. The van der Waals surface area contributed by atoms with Gasteiger partial charge in [0.15, 0.2) is 0 Å². The molecule has 148 valence electrons. The van der Waals surface area contributed by atoms with E-state index in [1.807, 2.05) is 11.8 Å². The summed E-state index contributed by atoms with van der Waals surface area (Å²) in [5, 5.41) is 9.48. The van der Waals surface area contributed by atoms with E-state index in [2.05, 4.69) is 10.2 Å². The van der Waals surface area contributed by atoms with E-state index < -0.39 is 0 Å². The molecule has 27 heavy (non-hydrogen) atoms. The maximum Gasteiger partial charge on any atom is 0.229 e. The van der Waals surface area contributed by atoms with Crippen molar-refractivity contribution in [3.8, 4) is 0 Å². The van der Waals surface area contributed by atoms with Crippen LogP contribution in [0.1, 0.15) is 44.0 Å². The summed E-state index contributed by atoms with van der Waals surface area (Å²) in [6.45, 7) is 5.60. The Balaban J connectivity index is 1.34. The number of aromatic nitrogens is 2. The lowest BCUT2D eigenvalue weighted by molar-refractivity contribution is -0.140. The first-order valence-electron chi connectivity index (χ1n) is 9.73. The van der Waals surface area contributed by atoms with E-state index in [0.717, 1.165) is 50.4 Å². The number of hydrogen-bond acceptors (Lipinski definition) is 7. The zero-order chi connectivity index (χ0) is 18.9. The van der Waals surface area contributed by atoms with Crippen molar-refractivity contribution in [1.29, 1.82) is 0 Å². The van der Waals surface area contributed by atoms with Crippen LogP contribution in [0.25, 0.3) is 0 Å². The van der Waals surface area contributed by atoms with Gasteiger partial charge < -0.3 is 14.4 Å². The maximum absolute atomic E-state index is 12.9. The van der Waals surface area contributed by atoms with E-state index in [0.29, 0.717) is 24.9 Å². The van der Waals surface area contributed by atoms with Crippen LogP contribution in [-0.2, 0) is 25.7 Å². The van der Waals surface area contributed by atoms with Gasteiger partial charge in [0, 0.05) is 39.3 Å². The third kappa shape index (κ3) is 3.86. The molecule has 0 radical (unpaired) electrons. The summed E-state index contributed by atoms with van der Waals surface area (Å²) in [6, 6.07) is 0. The molecular weight excluding hydrogens is 368 g/mol. The fourth-order valence-corrected chi connectivity index (χ4v) is 5.00. The van der Waals surface area contributed by atoms with Gasteiger partial charge in [-0.15, -0.1) is 10.2 Å². The molecule has 9 heteroatoms. The van der Waals surface area contributed by atoms with Crippen molar-refractivity contribution < 1.29 is 19.1 Å². The number of ether oxygens (including phenoxy) is 2. The molecule has 1 aromatic heterocycles. The van der Waals surface area contributed by atoms with Crippen molar-refractivity contribution in [3.63, 3.8) is 0 Å². The molecule has 3 aliphatic rings. The maximum atomic E-state index is 12.9. The van der Waals surface area contributed by atoms with Crippen molar-refractivity contribution in [3.05, 3.63) is 5.01 Å². The van der Waals surface area contributed by atoms with Crippen LogP contribution in [0.4, 0.5) is 5.13 Å². The Hall–Kier alpha value is -1.58. The molecule has 2 amide bonds. The Bertz CT molecular complexity index is 693. The molecule has 1 atom stereocenters. The number of hydrogen-bond donors (Lipinski definition) is 0. The topological polar surface area (TPSA) is 84.9 Å². The van der Waals surface area contributed by atoms with Crippen LogP contribution in [0.15, 0.2) is 0 Å². The first kappa shape index (κ1) is 18.8. The number of amides is 2. The molecule has 0 bridgehead atoms. The Morgan fingerprint density at radius 3 is 2.85 bits per heavy atom. The summed E-state index contributed by atoms with van der Waals surface area (Å²) in [5.41, 5.74) is -0.00215. The number of rotatable bonds is 5. The predicted molar refractivity (Wildman–Crippen MR) is 99.4 cm³/mol. The molecule has 0 saturated carbocycles. The van der Waals surface area contributed by atoms with Gasteiger partial charge in [-0.1, -0.05) is 11.3 Å². The van der Waals surface area contributed by atoms with Crippen LogP contribution >= 0.6 is 11.3 Å². The number of piperidine rings is 1.